The summed E-state index contributed by atoms with van der Waals surface area (Å²) in [5.41, 5.74) is 0.800. The first-order valence-electron chi connectivity index (χ1n) is 4.84. The van der Waals surface area contributed by atoms with E-state index in [-0.39, 0.29) is 17.4 Å². The minimum atomic E-state index is -0.268. The first-order chi connectivity index (χ1) is 7.70. The molecule has 2 aromatic rings. The molecule has 0 aliphatic carbocycles. The summed E-state index contributed by atoms with van der Waals surface area (Å²) < 4.78 is 0. The molecule has 1 aromatic carbocycles. The van der Waals surface area contributed by atoms with Crippen LogP contribution in [0.2, 0.25) is 0 Å². The van der Waals surface area contributed by atoms with Crippen LogP contribution in [0.3, 0.4) is 0 Å². The van der Waals surface area contributed by atoms with Gasteiger partial charge in [-0.25, -0.2) is 4.98 Å². The van der Waals surface area contributed by atoms with E-state index >= 15 is 0 Å². The summed E-state index contributed by atoms with van der Waals surface area (Å²) in [6.45, 7) is 1.44. The van der Waals surface area contributed by atoms with E-state index in [1.54, 1.807) is 30.5 Å². The monoisotopic (exact) mass is 214 g/mol. The van der Waals surface area contributed by atoms with Crippen molar-refractivity contribution < 1.29 is 9.59 Å². The molecule has 0 amide bonds. The number of carbonyl (C=O) groups is 2. The summed E-state index contributed by atoms with van der Waals surface area (Å²) in [5.74, 6) is -0.153. The maximum atomic E-state index is 12.0. The quantitative estimate of drug-likeness (QED) is 0.793. The number of hydrogen-bond donors (Lipinski definition) is 1. The van der Waals surface area contributed by atoms with Crippen molar-refractivity contribution in [3.63, 3.8) is 0 Å². The number of rotatable bonds is 3. The smallest absolute Gasteiger partial charge is 0.228 e. The molecule has 0 fully saturated rings. The first kappa shape index (κ1) is 10.3. The average Bonchev–Trinajstić information content (AvgIpc) is 2.81. The van der Waals surface area contributed by atoms with Crippen molar-refractivity contribution in [3.05, 3.63) is 53.6 Å². The standard InChI is InChI=1S/C12H10N2O2/c1-8(15)9-4-2-3-5-10(9)11(16)12-13-6-7-14-12/h2-7H,1H3,(H,13,14). The Hall–Kier alpha value is -2.23. The van der Waals surface area contributed by atoms with Crippen LogP contribution in [0, 0.1) is 0 Å². The van der Waals surface area contributed by atoms with Crippen molar-refractivity contribution in [2.45, 2.75) is 6.92 Å². The van der Waals surface area contributed by atoms with Gasteiger partial charge in [0.15, 0.2) is 11.6 Å². The van der Waals surface area contributed by atoms with Gasteiger partial charge in [0.05, 0.1) is 0 Å². The highest BCUT2D eigenvalue weighted by Gasteiger charge is 2.16. The predicted molar refractivity (Wildman–Crippen MR) is 58.5 cm³/mol. The Kier molecular flexibility index (Phi) is 2.64. The molecule has 0 atom stereocenters. The topological polar surface area (TPSA) is 62.8 Å². The summed E-state index contributed by atoms with van der Waals surface area (Å²) in [4.78, 5) is 30.0. The number of ketones is 2. The zero-order valence-electron chi connectivity index (χ0n) is 8.73. The van der Waals surface area contributed by atoms with Gasteiger partial charge < -0.3 is 4.98 Å². The lowest BCUT2D eigenvalue weighted by Crippen LogP contribution is -2.09. The zero-order chi connectivity index (χ0) is 11.5. The Labute approximate surface area is 92.3 Å². The largest absolute Gasteiger partial charge is 0.342 e. The van der Waals surface area contributed by atoms with Gasteiger partial charge >= 0.3 is 0 Å². The number of nitrogens with one attached hydrogen (secondary N) is 1. The van der Waals surface area contributed by atoms with Crippen LogP contribution in [-0.2, 0) is 0 Å². The number of carbonyl (C=O) groups excluding carboxylic acids is 2. The summed E-state index contributed by atoms with van der Waals surface area (Å²) in [6.07, 6.45) is 3.08. The molecule has 0 aliphatic heterocycles. The summed E-state index contributed by atoms with van der Waals surface area (Å²) >= 11 is 0. The Morgan fingerprint density at radius 2 is 1.88 bits per heavy atom. The third-order valence-corrected chi connectivity index (χ3v) is 2.26. The number of Topliss-reactive ketones (excluding diaryl/α,β-unsaturated/α-hetero) is 1. The van der Waals surface area contributed by atoms with Gasteiger partial charge in [0, 0.05) is 23.5 Å². The Morgan fingerprint density at radius 3 is 2.44 bits per heavy atom. The lowest BCUT2D eigenvalue weighted by Gasteiger charge is -2.03. The van der Waals surface area contributed by atoms with Gasteiger partial charge in [-0.15, -0.1) is 0 Å². The molecule has 0 saturated carbocycles. The van der Waals surface area contributed by atoms with Gasteiger partial charge in [-0.3, -0.25) is 9.59 Å². The van der Waals surface area contributed by atoms with E-state index in [2.05, 4.69) is 9.97 Å². The highest BCUT2D eigenvalue weighted by Crippen LogP contribution is 2.12. The van der Waals surface area contributed by atoms with E-state index < -0.39 is 0 Å². The molecule has 1 aromatic heterocycles. The van der Waals surface area contributed by atoms with E-state index in [1.807, 2.05) is 0 Å². The van der Waals surface area contributed by atoms with Crippen molar-refractivity contribution in [1.82, 2.24) is 9.97 Å². The number of nitrogens with zero attached hydrogens (tertiary/aromatic N) is 1. The molecule has 0 unspecified atom stereocenters. The fourth-order valence-electron chi connectivity index (χ4n) is 1.51. The second kappa shape index (κ2) is 4.10. The molecule has 2 rings (SSSR count). The Balaban J connectivity index is 2.49. The van der Waals surface area contributed by atoms with Gasteiger partial charge in [0.2, 0.25) is 5.78 Å². The van der Waals surface area contributed by atoms with Crippen molar-refractivity contribution in [1.29, 1.82) is 0 Å². The number of hydrogen-bond acceptors (Lipinski definition) is 3. The lowest BCUT2D eigenvalue weighted by atomic mass is 10.0. The van der Waals surface area contributed by atoms with E-state index in [0.717, 1.165) is 0 Å². The van der Waals surface area contributed by atoms with Gasteiger partial charge in [-0.1, -0.05) is 24.3 Å². The van der Waals surface area contributed by atoms with Crippen LogP contribution in [0.4, 0.5) is 0 Å². The normalized spacial score (nSPS) is 10.1. The summed E-state index contributed by atoms with van der Waals surface area (Å²) in [5, 5.41) is 0. The van der Waals surface area contributed by atoms with Gasteiger partial charge in [0.25, 0.3) is 0 Å². The maximum Gasteiger partial charge on any atom is 0.228 e. The van der Waals surface area contributed by atoms with Crippen LogP contribution < -0.4 is 0 Å². The van der Waals surface area contributed by atoms with Crippen LogP contribution >= 0.6 is 0 Å². The van der Waals surface area contributed by atoms with Crippen molar-refractivity contribution in [2.24, 2.45) is 0 Å². The number of H-pyrrole nitrogens is 1. The van der Waals surface area contributed by atoms with Crippen molar-refractivity contribution in [2.75, 3.05) is 0 Å². The fourth-order valence-corrected chi connectivity index (χ4v) is 1.51. The van der Waals surface area contributed by atoms with Crippen molar-refractivity contribution >= 4 is 11.6 Å². The molecule has 0 radical (unpaired) electrons. The highest BCUT2D eigenvalue weighted by atomic mass is 16.1. The predicted octanol–water partition coefficient (Wildman–Crippen LogP) is 1.84. The second-order valence-electron chi connectivity index (χ2n) is 3.37. The number of benzene rings is 1. The molecule has 1 N–H and O–H groups in total. The SMILES string of the molecule is CC(=O)c1ccccc1C(=O)c1ncc[nH]1. The lowest BCUT2D eigenvalue weighted by molar-refractivity contribution is 0.0987. The molecule has 1 heterocycles. The minimum Gasteiger partial charge on any atom is -0.342 e. The van der Waals surface area contributed by atoms with Crippen LogP contribution in [-0.4, -0.2) is 21.5 Å². The molecular weight excluding hydrogens is 204 g/mol. The minimum absolute atomic E-state index is 0.129. The molecule has 80 valence electrons. The van der Waals surface area contributed by atoms with Gasteiger partial charge in [-0.05, 0) is 6.92 Å². The third kappa shape index (κ3) is 1.77. The molecule has 0 bridgehead atoms. The zero-order valence-corrected chi connectivity index (χ0v) is 8.73. The summed E-state index contributed by atoms with van der Waals surface area (Å²) in [6, 6.07) is 6.72. The molecule has 0 aliphatic rings. The van der Waals surface area contributed by atoms with E-state index in [1.165, 1.54) is 13.1 Å². The summed E-state index contributed by atoms with van der Waals surface area (Å²) in [7, 11) is 0. The molecule has 4 heteroatoms. The van der Waals surface area contributed by atoms with Crippen LogP contribution in [0.15, 0.2) is 36.7 Å². The number of aromatic nitrogens is 2. The van der Waals surface area contributed by atoms with E-state index in [4.69, 9.17) is 0 Å². The molecule has 0 saturated heterocycles. The Bertz CT molecular complexity index is 530. The molecular formula is C12H10N2O2. The van der Waals surface area contributed by atoms with Gasteiger partial charge in [-0.2, -0.15) is 0 Å². The maximum absolute atomic E-state index is 12.0. The van der Waals surface area contributed by atoms with E-state index in [0.29, 0.717) is 11.1 Å². The van der Waals surface area contributed by atoms with Crippen LogP contribution in [0.1, 0.15) is 33.5 Å². The molecule has 4 nitrogen and oxygen atoms in total. The van der Waals surface area contributed by atoms with E-state index in [9.17, 15) is 9.59 Å². The Morgan fingerprint density at radius 1 is 1.19 bits per heavy atom. The third-order valence-electron chi connectivity index (χ3n) is 2.26. The van der Waals surface area contributed by atoms with Gasteiger partial charge in [0.1, 0.15) is 0 Å². The number of aromatic amines is 1. The highest BCUT2D eigenvalue weighted by molar-refractivity contribution is 6.13. The first-order valence-corrected chi connectivity index (χ1v) is 4.84. The second-order valence-corrected chi connectivity index (χ2v) is 3.37. The molecule has 16 heavy (non-hydrogen) atoms. The van der Waals surface area contributed by atoms with Crippen LogP contribution in [0.25, 0.3) is 0 Å². The van der Waals surface area contributed by atoms with Crippen molar-refractivity contribution in [3.8, 4) is 0 Å². The average molecular weight is 214 g/mol. The molecule has 0 spiro atoms. The number of imidazole rings is 1. The fraction of sp³-hybridized carbons (Fsp3) is 0.0833. The van der Waals surface area contributed by atoms with Crippen LogP contribution in [0.5, 0.6) is 0 Å².